The van der Waals surface area contributed by atoms with Gasteiger partial charge in [-0.25, -0.2) is 9.48 Å². The lowest BCUT2D eigenvalue weighted by Gasteiger charge is -2.34. The molecular formula is C22H30N4O4. The quantitative estimate of drug-likeness (QED) is 0.751. The SMILES string of the molecule is CC(C)COC(=O)N1CCN(C(=O)c2nn(CC(C)C)c(=O)c3ccccc23)CC1. The lowest BCUT2D eigenvalue weighted by molar-refractivity contribution is 0.0531. The van der Waals surface area contributed by atoms with Gasteiger partial charge in [0.2, 0.25) is 0 Å². The van der Waals surface area contributed by atoms with Gasteiger partial charge in [0.15, 0.2) is 5.69 Å². The minimum Gasteiger partial charge on any atom is -0.449 e. The number of rotatable bonds is 5. The summed E-state index contributed by atoms with van der Waals surface area (Å²) < 4.78 is 6.67. The van der Waals surface area contributed by atoms with Gasteiger partial charge in [0, 0.05) is 38.1 Å². The summed E-state index contributed by atoms with van der Waals surface area (Å²) >= 11 is 0. The fourth-order valence-electron chi connectivity index (χ4n) is 3.43. The minimum absolute atomic E-state index is 0.187. The summed E-state index contributed by atoms with van der Waals surface area (Å²) in [7, 11) is 0. The lowest BCUT2D eigenvalue weighted by atomic mass is 10.1. The molecule has 0 N–H and O–H groups in total. The van der Waals surface area contributed by atoms with Crippen LogP contribution in [0.5, 0.6) is 0 Å². The second-order valence-corrected chi connectivity index (χ2v) is 8.53. The highest BCUT2D eigenvalue weighted by Gasteiger charge is 2.28. The molecular weight excluding hydrogens is 384 g/mol. The van der Waals surface area contributed by atoms with E-state index in [0.717, 1.165) is 0 Å². The van der Waals surface area contributed by atoms with Crippen LogP contribution >= 0.6 is 0 Å². The number of piperazine rings is 1. The van der Waals surface area contributed by atoms with Crippen LogP contribution in [0.15, 0.2) is 29.1 Å². The standard InChI is InChI=1S/C22H30N4O4/c1-15(2)13-26-20(27)18-8-6-5-7-17(18)19(23-26)21(28)24-9-11-25(12-10-24)22(29)30-14-16(3)4/h5-8,15-16H,9-14H2,1-4H3. The topological polar surface area (TPSA) is 84.7 Å². The number of hydrogen-bond donors (Lipinski definition) is 0. The first-order valence-corrected chi connectivity index (χ1v) is 10.5. The Balaban J connectivity index is 1.80. The molecule has 0 spiro atoms. The Bertz CT molecular complexity index is 975. The third-order valence-corrected chi connectivity index (χ3v) is 4.97. The van der Waals surface area contributed by atoms with Crippen LogP contribution in [-0.4, -0.2) is 64.4 Å². The number of carbonyl (C=O) groups excluding carboxylic acids is 2. The van der Waals surface area contributed by atoms with E-state index in [-0.39, 0.29) is 35.1 Å². The number of fused-ring (bicyclic) bond motifs is 1. The third kappa shape index (κ3) is 4.80. The van der Waals surface area contributed by atoms with Crippen LogP contribution in [0.3, 0.4) is 0 Å². The van der Waals surface area contributed by atoms with Crippen molar-refractivity contribution >= 4 is 22.8 Å². The Hall–Kier alpha value is -2.90. The summed E-state index contributed by atoms with van der Waals surface area (Å²) in [5, 5.41) is 5.48. The summed E-state index contributed by atoms with van der Waals surface area (Å²) in [4.78, 5) is 41.5. The first kappa shape index (κ1) is 21.8. The van der Waals surface area contributed by atoms with Crippen molar-refractivity contribution in [3.05, 3.63) is 40.3 Å². The zero-order chi connectivity index (χ0) is 21.8. The predicted molar refractivity (Wildman–Crippen MR) is 115 cm³/mol. The monoisotopic (exact) mass is 414 g/mol. The average Bonchev–Trinajstić information content (AvgIpc) is 2.73. The Labute approximate surface area is 176 Å². The molecule has 3 rings (SSSR count). The fraction of sp³-hybridized carbons (Fsp3) is 0.545. The van der Waals surface area contributed by atoms with Crippen molar-refractivity contribution in [1.29, 1.82) is 0 Å². The van der Waals surface area contributed by atoms with E-state index in [1.165, 1.54) is 4.68 Å². The third-order valence-electron chi connectivity index (χ3n) is 4.97. The van der Waals surface area contributed by atoms with E-state index in [2.05, 4.69) is 5.10 Å². The van der Waals surface area contributed by atoms with E-state index < -0.39 is 0 Å². The van der Waals surface area contributed by atoms with Crippen LogP contribution in [0.25, 0.3) is 10.8 Å². The molecule has 0 bridgehead atoms. The van der Waals surface area contributed by atoms with E-state index in [4.69, 9.17) is 4.74 Å². The molecule has 0 atom stereocenters. The van der Waals surface area contributed by atoms with Gasteiger partial charge in [0.05, 0.1) is 12.0 Å². The highest BCUT2D eigenvalue weighted by Crippen LogP contribution is 2.17. The van der Waals surface area contributed by atoms with Gasteiger partial charge < -0.3 is 14.5 Å². The molecule has 2 heterocycles. The van der Waals surface area contributed by atoms with E-state index >= 15 is 0 Å². The van der Waals surface area contributed by atoms with Crippen LogP contribution < -0.4 is 5.56 Å². The van der Waals surface area contributed by atoms with E-state index in [1.54, 1.807) is 34.1 Å². The zero-order valence-electron chi connectivity index (χ0n) is 18.1. The Morgan fingerprint density at radius 1 is 0.967 bits per heavy atom. The fourth-order valence-corrected chi connectivity index (χ4v) is 3.43. The molecule has 0 unspecified atom stereocenters. The molecule has 1 aromatic heterocycles. The highest BCUT2D eigenvalue weighted by molar-refractivity contribution is 6.04. The molecule has 0 radical (unpaired) electrons. The van der Waals surface area contributed by atoms with Crippen LogP contribution in [0.2, 0.25) is 0 Å². The van der Waals surface area contributed by atoms with Crippen molar-refractivity contribution in [2.45, 2.75) is 34.2 Å². The molecule has 1 fully saturated rings. The first-order valence-electron chi connectivity index (χ1n) is 10.5. The lowest BCUT2D eigenvalue weighted by Crippen LogP contribution is -2.51. The second-order valence-electron chi connectivity index (χ2n) is 8.53. The number of aromatic nitrogens is 2. The summed E-state index contributed by atoms with van der Waals surface area (Å²) in [6, 6.07) is 7.08. The Morgan fingerprint density at radius 3 is 2.17 bits per heavy atom. The molecule has 2 amide bonds. The summed E-state index contributed by atoms with van der Waals surface area (Å²) in [6.45, 7) is 10.4. The maximum absolute atomic E-state index is 13.3. The van der Waals surface area contributed by atoms with Crippen LogP contribution in [0.4, 0.5) is 4.79 Å². The van der Waals surface area contributed by atoms with Crippen molar-refractivity contribution in [3.8, 4) is 0 Å². The molecule has 0 saturated carbocycles. The van der Waals surface area contributed by atoms with Crippen LogP contribution in [-0.2, 0) is 11.3 Å². The number of amides is 2. The molecule has 1 aliphatic heterocycles. The van der Waals surface area contributed by atoms with Gasteiger partial charge in [0.1, 0.15) is 0 Å². The maximum atomic E-state index is 13.3. The van der Waals surface area contributed by atoms with Crippen LogP contribution in [0, 0.1) is 11.8 Å². The smallest absolute Gasteiger partial charge is 0.409 e. The van der Waals surface area contributed by atoms with Gasteiger partial charge in [-0.15, -0.1) is 0 Å². The molecule has 8 nitrogen and oxygen atoms in total. The Kier molecular flexibility index (Phi) is 6.74. The van der Waals surface area contributed by atoms with Gasteiger partial charge in [-0.3, -0.25) is 9.59 Å². The molecule has 1 aliphatic rings. The predicted octanol–water partition coefficient (Wildman–Crippen LogP) is 2.60. The number of nitrogens with zero attached hydrogens (tertiary/aromatic N) is 4. The summed E-state index contributed by atoms with van der Waals surface area (Å²) in [5.41, 5.74) is 0.0928. The molecule has 8 heteroatoms. The van der Waals surface area contributed by atoms with Crippen LogP contribution in [0.1, 0.15) is 38.2 Å². The highest BCUT2D eigenvalue weighted by atomic mass is 16.6. The summed E-state index contributed by atoms with van der Waals surface area (Å²) in [5.74, 6) is 0.274. The van der Waals surface area contributed by atoms with Gasteiger partial charge in [-0.1, -0.05) is 45.9 Å². The minimum atomic E-state index is -0.343. The van der Waals surface area contributed by atoms with Gasteiger partial charge in [0.25, 0.3) is 11.5 Å². The molecule has 30 heavy (non-hydrogen) atoms. The summed E-state index contributed by atoms with van der Waals surface area (Å²) in [6.07, 6.45) is -0.343. The number of carbonyl (C=O) groups is 2. The average molecular weight is 415 g/mol. The van der Waals surface area contributed by atoms with Crippen molar-refractivity contribution < 1.29 is 14.3 Å². The van der Waals surface area contributed by atoms with E-state index in [9.17, 15) is 14.4 Å². The number of ether oxygens (including phenoxy) is 1. The molecule has 1 aromatic carbocycles. The molecule has 162 valence electrons. The van der Waals surface area contributed by atoms with Crippen molar-refractivity contribution in [2.24, 2.45) is 11.8 Å². The van der Waals surface area contributed by atoms with Gasteiger partial charge in [-0.2, -0.15) is 5.10 Å². The number of benzene rings is 1. The van der Waals surface area contributed by atoms with E-state index in [1.807, 2.05) is 27.7 Å². The first-order chi connectivity index (χ1) is 14.3. The van der Waals surface area contributed by atoms with Gasteiger partial charge in [-0.05, 0) is 17.9 Å². The molecule has 0 aliphatic carbocycles. The zero-order valence-corrected chi connectivity index (χ0v) is 18.1. The van der Waals surface area contributed by atoms with Crippen molar-refractivity contribution in [1.82, 2.24) is 19.6 Å². The maximum Gasteiger partial charge on any atom is 0.409 e. The van der Waals surface area contributed by atoms with Crippen molar-refractivity contribution in [3.63, 3.8) is 0 Å². The van der Waals surface area contributed by atoms with E-state index in [0.29, 0.717) is 50.1 Å². The Morgan fingerprint density at radius 2 is 1.57 bits per heavy atom. The largest absolute Gasteiger partial charge is 0.449 e. The molecule has 1 saturated heterocycles. The van der Waals surface area contributed by atoms with Gasteiger partial charge >= 0.3 is 6.09 Å². The molecule has 2 aromatic rings. The second kappa shape index (κ2) is 9.28. The normalized spacial score (nSPS) is 14.6. The van der Waals surface area contributed by atoms with Crippen molar-refractivity contribution in [2.75, 3.05) is 32.8 Å². The number of hydrogen-bond acceptors (Lipinski definition) is 5.